The summed E-state index contributed by atoms with van der Waals surface area (Å²) in [5.41, 5.74) is 4.95. The number of fused-ring (bicyclic) bond motifs is 1. The molecule has 240 valence electrons. The number of carbonyl (C=O) groups excluding carboxylic acids is 4. The van der Waals surface area contributed by atoms with Gasteiger partial charge in [-0.1, -0.05) is 60.7 Å². The molecule has 0 unspecified atom stereocenters. The van der Waals surface area contributed by atoms with Crippen molar-refractivity contribution in [3.63, 3.8) is 0 Å². The molecule has 0 bridgehead atoms. The summed E-state index contributed by atoms with van der Waals surface area (Å²) in [6.07, 6.45) is -6.44. The third-order valence-corrected chi connectivity index (χ3v) is 7.48. The fourth-order valence-electron chi connectivity index (χ4n) is 5.75. The van der Waals surface area contributed by atoms with Crippen molar-refractivity contribution >= 4 is 34.8 Å². The van der Waals surface area contributed by atoms with Crippen LogP contribution in [0, 0.1) is 0 Å². The van der Waals surface area contributed by atoms with Crippen LogP contribution in [0.15, 0.2) is 78.9 Å². The molecule has 1 saturated heterocycles. The van der Waals surface area contributed by atoms with E-state index in [1.54, 1.807) is 6.07 Å². The Morgan fingerprint density at radius 1 is 0.696 bits per heavy atom. The van der Waals surface area contributed by atoms with E-state index in [0.29, 0.717) is 5.75 Å². The van der Waals surface area contributed by atoms with Crippen LogP contribution in [0.2, 0.25) is 0 Å². The molecule has 0 N–H and O–H groups in total. The Labute approximate surface area is 265 Å². The second kappa shape index (κ2) is 13.9. The molecule has 2 heterocycles. The summed E-state index contributed by atoms with van der Waals surface area (Å²) in [7, 11) is 2.00. The third-order valence-electron chi connectivity index (χ3n) is 7.48. The van der Waals surface area contributed by atoms with Crippen LogP contribution in [0.5, 0.6) is 5.75 Å². The summed E-state index contributed by atoms with van der Waals surface area (Å²) < 4.78 is 36.4. The zero-order chi connectivity index (χ0) is 33.0. The fourth-order valence-corrected chi connectivity index (χ4v) is 5.75. The third kappa shape index (κ3) is 7.05. The first kappa shape index (κ1) is 32.2. The van der Waals surface area contributed by atoms with E-state index >= 15 is 0 Å². The van der Waals surface area contributed by atoms with Crippen molar-refractivity contribution in [3.05, 3.63) is 78.9 Å². The minimum absolute atomic E-state index is 0.353. The summed E-state index contributed by atoms with van der Waals surface area (Å²) in [4.78, 5) is 48.2. The normalized spacial score (nSPS) is 20.8. The molecule has 0 spiro atoms. The van der Waals surface area contributed by atoms with E-state index in [2.05, 4.69) is 16.7 Å². The van der Waals surface area contributed by atoms with Crippen molar-refractivity contribution in [3.8, 4) is 28.1 Å². The van der Waals surface area contributed by atoms with Crippen LogP contribution in [0.1, 0.15) is 27.7 Å². The first-order chi connectivity index (χ1) is 22.0. The summed E-state index contributed by atoms with van der Waals surface area (Å²) in [6, 6.07) is 25.5. The number of aromatic nitrogens is 1. The predicted molar refractivity (Wildman–Crippen MR) is 166 cm³/mol. The minimum Gasteiger partial charge on any atom is -0.463 e. The largest absolute Gasteiger partial charge is 0.463 e. The van der Waals surface area contributed by atoms with Gasteiger partial charge in [-0.2, -0.15) is 0 Å². The second-order valence-corrected chi connectivity index (χ2v) is 10.9. The smallest absolute Gasteiger partial charge is 0.303 e. The molecule has 0 radical (unpaired) electrons. The predicted octanol–water partition coefficient (Wildman–Crippen LogP) is 4.97. The quantitative estimate of drug-likeness (QED) is 0.185. The zero-order valence-corrected chi connectivity index (χ0v) is 26.1. The van der Waals surface area contributed by atoms with Crippen LogP contribution in [0.4, 0.5) is 0 Å². The summed E-state index contributed by atoms with van der Waals surface area (Å²) in [6.45, 7) is 4.38. The van der Waals surface area contributed by atoms with Crippen LogP contribution in [0.3, 0.4) is 0 Å². The first-order valence-corrected chi connectivity index (χ1v) is 14.7. The van der Waals surface area contributed by atoms with E-state index in [0.717, 1.165) is 33.3 Å². The Morgan fingerprint density at radius 3 is 1.85 bits per heavy atom. The topological polar surface area (TPSA) is 129 Å². The van der Waals surface area contributed by atoms with Gasteiger partial charge in [-0.05, 0) is 29.3 Å². The number of carbonyl (C=O) groups is 4. The monoisotopic (exact) mass is 629 g/mol. The van der Waals surface area contributed by atoms with Crippen molar-refractivity contribution in [2.24, 2.45) is 7.05 Å². The van der Waals surface area contributed by atoms with Crippen molar-refractivity contribution < 1.29 is 47.6 Å². The fraction of sp³-hybridized carbons (Fsp3) is 0.314. The maximum absolute atomic E-state index is 12.3. The highest BCUT2D eigenvalue weighted by Crippen LogP contribution is 2.42. The average molecular weight is 630 g/mol. The van der Waals surface area contributed by atoms with Gasteiger partial charge in [0.2, 0.25) is 12.4 Å². The molecule has 1 aliphatic rings. The van der Waals surface area contributed by atoms with Gasteiger partial charge in [0.05, 0.1) is 5.69 Å². The molecule has 5 rings (SSSR count). The van der Waals surface area contributed by atoms with Crippen LogP contribution in [0.25, 0.3) is 33.3 Å². The maximum Gasteiger partial charge on any atom is 0.303 e. The number of hydrogen-bond acceptors (Lipinski definition) is 10. The van der Waals surface area contributed by atoms with Crippen LogP contribution < -0.4 is 4.74 Å². The van der Waals surface area contributed by atoms with Crippen LogP contribution in [-0.2, 0) is 49.9 Å². The molecular formula is C35H35NO10. The van der Waals surface area contributed by atoms with Crippen molar-refractivity contribution in [1.29, 1.82) is 0 Å². The molecule has 1 fully saturated rings. The first-order valence-electron chi connectivity index (χ1n) is 14.7. The Balaban J connectivity index is 1.60. The highest BCUT2D eigenvalue weighted by atomic mass is 16.7. The molecule has 46 heavy (non-hydrogen) atoms. The average Bonchev–Trinajstić information content (AvgIpc) is 3.30. The van der Waals surface area contributed by atoms with Crippen molar-refractivity contribution in [2.45, 2.75) is 58.4 Å². The maximum atomic E-state index is 12.3. The number of rotatable bonds is 9. The number of hydrogen-bond donors (Lipinski definition) is 0. The zero-order valence-electron chi connectivity index (χ0n) is 26.1. The van der Waals surface area contributed by atoms with Crippen LogP contribution in [-0.4, -0.2) is 65.8 Å². The van der Waals surface area contributed by atoms with E-state index in [4.69, 9.17) is 28.4 Å². The number of ether oxygens (including phenoxy) is 6. The highest BCUT2D eigenvalue weighted by Gasteiger charge is 2.53. The molecule has 1 aromatic heterocycles. The van der Waals surface area contributed by atoms with Gasteiger partial charge in [-0.15, -0.1) is 0 Å². The molecule has 11 heteroatoms. The molecule has 4 aromatic rings. The number of esters is 4. The molecule has 3 aromatic carbocycles. The van der Waals surface area contributed by atoms with Gasteiger partial charge in [0, 0.05) is 51.2 Å². The highest BCUT2D eigenvalue weighted by molar-refractivity contribution is 6.05. The van der Waals surface area contributed by atoms with E-state index in [1.165, 1.54) is 27.7 Å². The Hall–Kier alpha value is -5.16. The lowest BCUT2D eigenvalue weighted by Gasteiger charge is -2.43. The Morgan fingerprint density at radius 2 is 1.26 bits per heavy atom. The second-order valence-electron chi connectivity index (χ2n) is 10.9. The lowest BCUT2D eigenvalue weighted by Crippen LogP contribution is -2.63. The van der Waals surface area contributed by atoms with Gasteiger partial charge >= 0.3 is 23.9 Å². The van der Waals surface area contributed by atoms with Gasteiger partial charge < -0.3 is 33.0 Å². The minimum atomic E-state index is -1.35. The van der Waals surface area contributed by atoms with Crippen molar-refractivity contribution in [1.82, 2.24) is 4.57 Å². The lowest BCUT2D eigenvalue weighted by atomic mass is 9.97. The van der Waals surface area contributed by atoms with Gasteiger partial charge in [-0.3, -0.25) is 19.2 Å². The van der Waals surface area contributed by atoms with Gasteiger partial charge in [0.1, 0.15) is 18.5 Å². The van der Waals surface area contributed by atoms with E-state index in [9.17, 15) is 19.2 Å². The van der Waals surface area contributed by atoms with Crippen LogP contribution >= 0.6 is 0 Å². The SMILES string of the molecule is CC(=O)OC[C@H]1O[C@@H](Oc2ccc3c(c2)c(-c2ccccc2)c(-c2ccccc2)n3C)[C@H](OC(C)=O)[C@@H](OC(C)=O)[C@H]1OC(C)=O. The van der Waals surface area contributed by atoms with E-state index in [-0.39, 0.29) is 6.61 Å². The molecule has 0 aliphatic carbocycles. The molecule has 1 aliphatic heterocycles. The standard InChI is InChI=1S/C35H35NO10/c1-20(37)41-19-29-32(42-21(2)38)33(43-22(3)39)34(44-23(4)40)35(46-29)45-26-16-17-28-27(18-26)30(24-12-8-6-9-13-24)31(36(28)5)25-14-10-7-11-15-25/h6-18,29,32-35H,19H2,1-5H3/t29-,32+,33+,34-,35-/m1/s1. The molecule has 0 saturated carbocycles. The summed E-state index contributed by atoms with van der Waals surface area (Å²) in [5.74, 6) is -2.40. The number of nitrogens with zero attached hydrogens (tertiary/aromatic N) is 1. The summed E-state index contributed by atoms with van der Waals surface area (Å²) >= 11 is 0. The van der Waals surface area contributed by atoms with Gasteiger partial charge in [-0.25, -0.2) is 0 Å². The van der Waals surface area contributed by atoms with E-state index < -0.39 is 54.6 Å². The van der Waals surface area contributed by atoms with E-state index in [1.807, 2.05) is 67.7 Å². The molecule has 11 nitrogen and oxygen atoms in total. The summed E-state index contributed by atoms with van der Waals surface area (Å²) in [5, 5.41) is 0.885. The number of aryl methyl sites for hydroxylation is 1. The molecule has 5 atom stereocenters. The van der Waals surface area contributed by atoms with Crippen molar-refractivity contribution in [2.75, 3.05) is 6.61 Å². The Kier molecular flexibility index (Phi) is 9.72. The molecular weight excluding hydrogens is 594 g/mol. The van der Waals surface area contributed by atoms with Gasteiger partial charge in [0.25, 0.3) is 0 Å². The van der Waals surface area contributed by atoms with Gasteiger partial charge in [0.15, 0.2) is 12.2 Å². The lowest BCUT2D eigenvalue weighted by molar-refractivity contribution is -0.288. The number of benzene rings is 3. The Bertz CT molecular complexity index is 1730. The molecule has 0 amide bonds.